The molecular formula is C12H21N3O2. The van der Waals surface area contributed by atoms with Gasteiger partial charge < -0.3 is 9.26 Å². The second kappa shape index (κ2) is 5.60. The maximum absolute atomic E-state index is 5.59. The SMILES string of the molecule is CCCc1noc(CN2C[C@@H](C)OC[C@H]2C)n1. The quantitative estimate of drug-likeness (QED) is 0.799. The zero-order valence-corrected chi connectivity index (χ0v) is 10.8. The molecule has 5 nitrogen and oxygen atoms in total. The minimum Gasteiger partial charge on any atom is -0.376 e. The smallest absolute Gasteiger partial charge is 0.240 e. The summed E-state index contributed by atoms with van der Waals surface area (Å²) < 4.78 is 10.9. The van der Waals surface area contributed by atoms with Gasteiger partial charge in [0, 0.05) is 19.0 Å². The molecule has 2 atom stereocenters. The van der Waals surface area contributed by atoms with Crippen molar-refractivity contribution in [2.45, 2.75) is 52.3 Å². The van der Waals surface area contributed by atoms with Crippen LogP contribution in [0.4, 0.5) is 0 Å². The molecular weight excluding hydrogens is 218 g/mol. The first-order chi connectivity index (χ1) is 8.19. The third-order valence-corrected chi connectivity index (χ3v) is 3.06. The Kier molecular flexibility index (Phi) is 4.12. The number of rotatable bonds is 4. The van der Waals surface area contributed by atoms with Crippen molar-refractivity contribution in [2.24, 2.45) is 0 Å². The first kappa shape index (κ1) is 12.5. The normalized spacial score (nSPS) is 26.3. The summed E-state index contributed by atoms with van der Waals surface area (Å²) in [5, 5.41) is 3.97. The largest absolute Gasteiger partial charge is 0.376 e. The van der Waals surface area contributed by atoms with Crippen molar-refractivity contribution in [3.05, 3.63) is 11.7 Å². The molecule has 2 rings (SSSR count). The van der Waals surface area contributed by atoms with Gasteiger partial charge in [-0.1, -0.05) is 12.1 Å². The highest BCUT2D eigenvalue weighted by atomic mass is 16.5. The Hall–Kier alpha value is -0.940. The number of hydrogen-bond acceptors (Lipinski definition) is 5. The molecule has 0 N–H and O–H groups in total. The minimum atomic E-state index is 0.282. The zero-order chi connectivity index (χ0) is 12.3. The second-order valence-electron chi connectivity index (χ2n) is 4.78. The average molecular weight is 239 g/mol. The Bertz CT molecular complexity index is 353. The van der Waals surface area contributed by atoms with Gasteiger partial charge in [0.05, 0.1) is 19.3 Å². The number of nitrogens with zero attached hydrogens (tertiary/aromatic N) is 3. The van der Waals surface area contributed by atoms with Gasteiger partial charge in [0.25, 0.3) is 0 Å². The van der Waals surface area contributed by atoms with E-state index in [1.165, 1.54) is 0 Å². The summed E-state index contributed by atoms with van der Waals surface area (Å²) in [6, 6.07) is 0.410. The molecule has 2 heterocycles. The molecule has 0 unspecified atom stereocenters. The number of hydrogen-bond donors (Lipinski definition) is 0. The third kappa shape index (κ3) is 3.26. The summed E-state index contributed by atoms with van der Waals surface area (Å²) >= 11 is 0. The van der Waals surface area contributed by atoms with Crippen LogP contribution in [0.15, 0.2) is 4.52 Å². The van der Waals surface area contributed by atoms with Crippen LogP contribution in [0.25, 0.3) is 0 Å². The summed E-state index contributed by atoms with van der Waals surface area (Å²) in [5.74, 6) is 1.53. The third-order valence-electron chi connectivity index (χ3n) is 3.06. The van der Waals surface area contributed by atoms with E-state index in [2.05, 4.69) is 35.8 Å². The first-order valence-electron chi connectivity index (χ1n) is 6.36. The molecule has 0 radical (unpaired) electrons. The van der Waals surface area contributed by atoms with Crippen LogP contribution in [0.2, 0.25) is 0 Å². The van der Waals surface area contributed by atoms with Crippen LogP contribution in [-0.4, -0.2) is 40.3 Å². The first-order valence-corrected chi connectivity index (χ1v) is 6.36. The lowest BCUT2D eigenvalue weighted by Gasteiger charge is -2.35. The van der Waals surface area contributed by atoms with Crippen LogP contribution >= 0.6 is 0 Å². The molecule has 1 fully saturated rings. The van der Waals surface area contributed by atoms with Gasteiger partial charge in [-0.2, -0.15) is 4.98 Å². The fourth-order valence-electron chi connectivity index (χ4n) is 2.05. The molecule has 0 aromatic carbocycles. The van der Waals surface area contributed by atoms with Crippen LogP contribution in [-0.2, 0) is 17.7 Å². The lowest BCUT2D eigenvalue weighted by Crippen LogP contribution is -2.46. The summed E-state index contributed by atoms with van der Waals surface area (Å²) in [6.45, 7) is 8.79. The van der Waals surface area contributed by atoms with Crippen molar-refractivity contribution < 1.29 is 9.26 Å². The lowest BCUT2D eigenvalue weighted by molar-refractivity contribution is -0.0555. The maximum Gasteiger partial charge on any atom is 0.240 e. The highest BCUT2D eigenvalue weighted by Crippen LogP contribution is 2.14. The lowest BCUT2D eigenvalue weighted by atomic mass is 10.2. The van der Waals surface area contributed by atoms with Crippen LogP contribution in [0, 0.1) is 0 Å². The van der Waals surface area contributed by atoms with Gasteiger partial charge in [0.15, 0.2) is 5.82 Å². The summed E-state index contributed by atoms with van der Waals surface area (Å²) in [5.41, 5.74) is 0. The Labute approximate surface area is 102 Å². The summed E-state index contributed by atoms with van der Waals surface area (Å²) in [6.07, 6.45) is 2.21. The van der Waals surface area contributed by atoms with Crippen molar-refractivity contribution in [1.29, 1.82) is 0 Å². The molecule has 17 heavy (non-hydrogen) atoms. The molecule has 1 aromatic rings. The van der Waals surface area contributed by atoms with E-state index in [1.54, 1.807) is 0 Å². The fourth-order valence-corrected chi connectivity index (χ4v) is 2.05. The van der Waals surface area contributed by atoms with Crippen molar-refractivity contribution in [3.63, 3.8) is 0 Å². The van der Waals surface area contributed by atoms with E-state index in [1.807, 2.05) is 0 Å². The van der Waals surface area contributed by atoms with Crippen LogP contribution in [0.3, 0.4) is 0 Å². The molecule has 0 spiro atoms. The fraction of sp³-hybridized carbons (Fsp3) is 0.833. The minimum absolute atomic E-state index is 0.282. The Morgan fingerprint density at radius 3 is 3.00 bits per heavy atom. The van der Waals surface area contributed by atoms with Crippen molar-refractivity contribution >= 4 is 0 Å². The van der Waals surface area contributed by atoms with Gasteiger partial charge in [-0.3, -0.25) is 4.90 Å². The van der Waals surface area contributed by atoms with Gasteiger partial charge in [0.2, 0.25) is 5.89 Å². The van der Waals surface area contributed by atoms with E-state index in [9.17, 15) is 0 Å². The van der Waals surface area contributed by atoms with Gasteiger partial charge >= 0.3 is 0 Å². The monoisotopic (exact) mass is 239 g/mol. The number of morpholine rings is 1. The highest BCUT2D eigenvalue weighted by molar-refractivity contribution is 4.88. The van der Waals surface area contributed by atoms with E-state index in [0.29, 0.717) is 6.04 Å². The standard InChI is InChI=1S/C12H21N3O2/c1-4-5-11-13-12(17-14-11)7-15-6-10(3)16-8-9(15)2/h9-10H,4-8H2,1-3H3/t9-,10-/m1/s1. The van der Waals surface area contributed by atoms with E-state index in [0.717, 1.165) is 44.3 Å². The number of aromatic nitrogens is 2. The Morgan fingerprint density at radius 1 is 1.41 bits per heavy atom. The number of aryl methyl sites for hydroxylation is 1. The predicted molar refractivity (Wildman–Crippen MR) is 63.6 cm³/mol. The van der Waals surface area contributed by atoms with E-state index in [4.69, 9.17) is 9.26 Å². The summed E-state index contributed by atoms with van der Waals surface area (Å²) in [4.78, 5) is 6.72. The Morgan fingerprint density at radius 2 is 2.24 bits per heavy atom. The Balaban J connectivity index is 1.94. The second-order valence-corrected chi connectivity index (χ2v) is 4.78. The molecule has 0 bridgehead atoms. The van der Waals surface area contributed by atoms with Crippen LogP contribution < -0.4 is 0 Å². The van der Waals surface area contributed by atoms with Gasteiger partial charge in [-0.05, 0) is 20.3 Å². The van der Waals surface area contributed by atoms with Crippen molar-refractivity contribution in [2.75, 3.05) is 13.2 Å². The molecule has 96 valence electrons. The zero-order valence-electron chi connectivity index (χ0n) is 10.8. The van der Waals surface area contributed by atoms with Crippen molar-refractivity contribution in [3.8, 4) is 0 Å². The van der Waals surface area contributed by atoms with Gasteiger partial charge in [0.1, 0.15) is 0 Å². The average Bonchev–Trinajstić information content (AvgIpc) is 2.72. The molecule has 1 aliphatic heterocycles. The van der Waals surface area contributed by atoms with Gasteiger partial charge in [-0.25, -0.2) is 0 Å². The molecule has 1 saturated heterocycles. The molecule has 5 heteroatoms. The summed E-state index contributed by atoms with van der Waals surface area (Å²) in [7, 11) is 0. The molecule has 0 saturated carbocycles. The molecule has 0 amide bonds. The highest BCUT2D eigenvalue weighted by Gasteiger charge is 2.24. The van der Waals surface area contributed by atoms with E-state index < -0.39 is 0 Å². The van der Waals surface area contributed by atoms with Gasteiger partial charge in [-0.15, -0.1) is 0 Å². The number of ether oxygens (including phenoxy) is 1. The van der Waals surface area contributed by atoms with Crippen LogP contribution in [0.1, 0.15) is 38.9 Å². The maximum atomic E-state index is 5.59. The molecule has 0 aliphatic carbocycles. The van der Waals surface area contributed by atoms with E-state index in [-0.39, 0.29) is 6.10 Å². The molecule has 1 aromatic heterocycles. The predicted octanol–water partition coefficient (Wildman–Crippen LogP) is 1.63. The molecule has 1 aliphatic rings. The van der Waals surface area contributed by atoms with E-state index >= 15 is 0 Å². The topological polar surface area (TPSA) is 51.4 Å². The van der Waals surface area contributed by atoms with Crippen LogP contribution in [0.5, 0.6) is 0 Å². The van der Waals surface area contributed by atoms with Crippen molar-refractivity contribution in [1.82, 2.24) is 15.0 Å².